The lowest BCUT2D eigenvalue weighted by Gasteiger charge is -2.00. The Kier molecular flexibility index (Phi) is 5.51. The van der Waals surface area contributed by atoms with E-state index in [9.17, 15) is 4.79 Å². The number of ether oxygens (including phenoxy) is 1. The maximum absolute atomic E-state index is 11.7. The van der Waals surface area contributed by atoms with Gasteiger partial charge in [-0.25, -0.2) is 4.79 Å². The van der Waals surface area contributed by atoms with Crippen LogP contribution in [0.15, 0.2) is 53.1 Å². The van der Waals surface area contributed by atoms with Crippen LogP contribution in [-0.2, 0) is 9.53 Å². The molecule has 3 rings (SSSR count). The standard InChI is InChI=1S/C20H18ClNO3/c1-2-3-12-24-19(23)11-5-14-4-10-18-17(13-14)20(25-22-18)15-6-8-16(21)9-7-15/h4-11,13H,2-3,12H2,1H3/b11-5+. The zero-order valence-corrected chi connectivity index (χ0v) is 14.6. The number of unbranched alkanes of at least 4 members (excludes halogenated alkanes) is 1. The Labute approximate surface area is 151 Å². The number of rotatable bonds is 6. The highest BCUT2D eigenvalue weighted by Gasteiger charge is 2.11. The van der Waals surface area contributed by atoms with Gasteiger partial charge in [0.2, 0.25) is 0 Å². The van der Waals surface area contributed by atoms with Gasteiger partial charge >= 0.3 is 5.97 Å². The zero-order valence-electron chi connectivity index (χ0n) is 13.9. The molecule has 25 heavy (non-hydrogen) atoms. The van der Waals surface area contributed by atoms with Crippen LogP contribution >= 0.6 is 11.6 Å². The van der Waals surface area contributed by atoms with Crippen molar-refractivity contribution in [2.45, 2.75) is 19.8 Å². The van der Waals surface area contributed by atoms with E-state index >= 15 is 0 Å². The first kappa shape index (κ1) is 17.2. The first-order valence-electron chi connectivity index (χ1n) is 8.17. The molecule has 0 saturated carbocycles. The number of nitrogens with zero attached hydrogens (tertiary/aromatic N) is 1. The molecular weight excluding hydrogens is 338 g/mol. The monoisotopic (exact) mass is 355 g/mol. The highest BCUT2D eigenvalue weighted by atomic mass is 35.5. The molecule has 0 amide bonds. The molecular formula is C20H18ClNO3. The molecule has 0 spiro atoms. The molecule has 1 aromatic heterocycles. The summed E-state index contributed by atoms with van der Waals surface area (Å²) in [6.45, 7) is 2.50. The summed E-state index contributed by atoms with van der Waals surface area (Å²) in [5.41, 5.74) is 2.53. The van der Waals surface area contributed by atoms with E-state index in [4.69, 9.17) is 20.9 Å². The normalized spacial score (nSPS) is 11.3. The van der Waals surface area contributed by atoms with Crippen molar-refractivity contribution in [3.63, 3.8) is 0 Å². The van der Waals surface area contributed by atoms with Crippen molar-refractivity contribution >= 4 is 34.5 Å². The average Bonchev–Trinajstić information content (AvgIpc) is 3.04. The van der Waals surface area contributed by atoms with Gasteiger partial charge in [-0.1, -0.05) is 36.2 Å². The molecule has 2 aromatic carbocycles. The number of fused-ring (bicyclic) bond motifs is 1. The van der Waals surface area contributed by atoms with E-state index in [0.29, 0.717) is 17.4 Å². The topological polar surface area (TPSA) is 52.3 Å². The molecule has 1 heterocycles. The van der Waals surface area contributed by atoms with Crippen LogP contribution in [0.5, 0.6) is 0 Å². The maximum Gasteiger partial charge on any atom is 0.330 e. The van der Waals surface area contributed by atoms with Gasteiger partial charge in [0.1, 0.15) is 5.52 Å². The number of hydrogen-bond donors (Lipinski definition) is 0. The van der Waals surface area contributed by atoms with Crippen LogP contribution in [0.25, 0.3) is 28.3 Å². The van der Waals surface area contributed by atoms with Crippen LogP contribution in [0.3, 0.4) is 0 Å². The summed E-state index contributed by atoms with van der Waals surface area (Å²) in [6, 6.07) is 13.1. The number of carbonyl (C=O) groups excluding carboxylic acids is 1. The fourth-order valence-electron chi connectivity index (χ4n) is 2.40. The van der Waals surface area contributed by atoms with Crippen molar-refractivity contribution in [3.8, 4) is 11.3 Å². The summed E-state index contributed by atoms with van der Waals surface area (Å²) < 4.78 is 10.6. The average molecular weight is 356 g/mol. The second kappa shape index (κ2) is 7.99. The van der Waals surface area contributed by atoms with Gasteiger partial charge in [0, 0.05) is 16.7 Å². The predicted octanol–water partition coefficient (Wildman–Crippen LogP) is 5.50. The molecule has 0 N–H and O–H groups in total. The molecule has 0 atom stereocenters. The fourth-order valence-corrected chi connectivity index (χ4v) is 2.53. The third kappa shape index (κ3) is 4.28. The summed E-state index contributed by atoms with van der Waals surface area (Å²) in [6.07, 6.45) is 5.03. The van der Waals surface area contributed by atoms with Crippen molar-refractivity contribution in [2.24, 2.45) is 0 Å². The lowest BCUT2D eigenvalue weighted by Crippen LogP contribution is -2.01. The van der Waals surface area contributed by atoms with Gasteiger partial charge in [0.15, 0.2) is 5.76 Å². The molecule has 0 fully saturated rings. The molecule has 0 radical (unpaired) electrons. The summed E-state index contributed by atoms with van der Waals surface area (Å²) >= 11 is 5.93. The largest absolute Gasteiger partial charge is 0.463 e. The quantitative estimate of drug-likeness (QED) is 0.332. The smallest absolute Gasteiger partial charge is 0.330 e. The van der Waals surface area contributed by atoms with E-state index < -0.39 is 0 Å². The minimum absolute atomic E-state index is 0.336. The minimum Gasteiger partial charge on any atom is -0.463 e. The number of aromatic nitrogens is 1. The molecule has 0 bridgehead atoms. The molecule has 3 aromatic rings. The van der Waals surface area contributed by atoms with Crippen LogP contribution < -0.4 is 0 Å². The SMILES string of the molecule is CCCCOC(=O)/C=C/c1ccc2noc(-c3ccc(Cl)cc3)c2c1. The highest BCUT2D eigenvalue weighted by molar-refractivity contribution is 6.30. The third-order valence-corrected chi connectivity index (χ3v) is 4.01. The van der Waals surface area contributed by atoms with E-state index in [-0.39, 0.29) is 5.97 Å². The van der Waals surface area contributed by atoms with E-state index in [0.717, 1.165) is 34.9 Å². The summed E-state index contributed by atoms with van der Waals surface area (Å²) in [5.74, 6) is 0.337. The number of carbonyl (C=O) groups is 1. The van der Waals surface area contributed by atoms with Crippen molar-refractivity contribution < 1.29 is 14.1 Å². The molecule has 0 aliphatic carbocycles. The van der Waals surface area contributed by atoms with Crippen molar-refractivity contribution in [1.82, 2.24) is 5.16 Å². The van der Waals surface area contributed by atoms with Gasteiger partial charge in [0.05, 0.1) is 12.0 Å². The summed E-state index contributed by atoms with van der Waals surface area (Å²) in [4.78, 5) is 11.7. The van der Waals surface area contributed by atoms with Crippen molar-refractivity contribution in [1.29, 1.82) is 0 Å². The van der Waals surface area contributed by atoms with E-state index in [1.807, 2.05) is 30.3 Å². The van der Waals surface area contributed by atoms with Gasteiger partial charge in [-0.2, -0.15) is 0 Å². The van der Waals surface area contributed by atoms with Crippen LogP contribution in [-0.4, -0.2) is 17.7 Å². The molecule has 128 valence electrons. The predicted molar refractivity (Wildman–Crippen MR) is 99.4 cm³/mol. The lowest BCUT2D eigenvalue weighted by molar-refractivity contribution is -0.137. The minimum atomic E-state index is -0.336. The molecule has 4 nitrogen and oxygen atoms in total. The first-order valence-corrected chi connectivity index (χ1v) is 8.55. The number of esters is 1. The number of hydrogen-bond acceptors (Lipinski definition) is 4. The van der Waals surface area contributed by atoms with Gasteiger partial charge in [-0.15, -0.1) is 0 Å². The Bertz CT molecular complexity index is 897. The van der Waals surface area contributed by atoms with Crippen LogP contribution in [0.4, 0.5) is 0 Å². The fraction of sp³-hybridized carbons (Fsp3) is 0.200. The Morgan fingerprint density at radius 3 is 2.80 bits per heavy atom. The van der Waals surface area contributed by atoms with Crippen molar-refractivity contribution in [3.05, 3.63) is 59.1 Å². The lowest BCUT2D eigenvalue weighted by atomic mass is 10.1. The van der Waals surface area contributed by atoms with E-state index in [1.54, 1.807) is 18.2 Å². The van der Waals surface area contributed by atoms with E-state index in [2.05, 4.69) is 12.1 Å². The maximum atomic E-state index is 11.7. The Hall–Kier alpha value is -2.59. The highest BCUT2D eigenvalue weighted by Crippen LogP contribution is 2.30. The molecule has 0 aliphatic rings. The molecule has 0 unspecified atom stereocenters. The van der Waals surface area contributed by atoms with Gasteiger partial charge in [-0.3, -0.25) is 0 Å². The summed E-state index contributed by atoms with van der Waals surface area (Å²) in [5, 5.41) is 5.62. The Morgan fingerprint density at radius 1 is 1.24 bits per heavy atom. The summed E-state index contributed by atoms with van der Waals surface area (Å²) in [7, 11) is 0. The second-order valence-electron chi connectivity index (χ2n) is 5.65. The Balaban J connectivity index is 1.83. The van der Waals surface area contributed by atoms with Crippen molar-refractivity contribution in [2.75, 3.05) is 6.61 Å². The molecule has 5 heteroatoms. The van der Waals surface area contributed by atoms with Crippen LogP contribution in [0.1, 0.15) is 25.3 Å². The Morgan fingerprint density at radius 2 is 2.04 bits per heavy atom. The molecule has 0 aliphatic heterocycles. The number of halogens is 1. The van der Waals surface area contributed by atoms with Gasteiger partial charge < -0.3 is 9.26 Å². The van der Waals surface area contributed by atoms with Crippen LogP contribution in [0.2, 0.25) is 5.02 Å². The molecule has 0 saturated heterocycles. The first-order chi connectivity index (χ1) is 12.2. The van der Waals surface area contributed by atoms with Crippen LogP contribution in [0, 0.1) is 0 Å². The van der Waals surface area contributed by atoms with Gasteiger partial charge in [-0.05, 0) is 54.5 Å². The second-order valence-corrected chi connectivity index (χ2v) is 6.09. The third-order valence-electron chi connectivity index (χ3n) is 3.76. The zero-order chi connectivity index (χ0) is 17.6. The number of benzene rings is 2. The van der Waals surface area contributed by atoms with E-state index in [1.165, 1.54) is 6.08 Å². The van der Waals surface area contributed by atoms with Gasteiger partial charge in [0.25, 0.3) is 0 Å².